The first-order valence-electron chi connectivity index (χ1n) is 10.9. The minimum atomic E-state index is -4.56. The number of sulfone groups is 1. The van der Waals surface area contributed by atoms with Gasteiger partial charge in [-0.3, -0.25) is 4.79 Å². The molecule has 0 aliphatic heterocycles. The molecule has 0 saturated heterocycles. The number of halogens is 3. The molecule has 1 aromatic carbocycles. The fourth-order valence-electron chi connectivity index (χ4n) is 3.56. The molecule has 3 heterocycles. The summed E-state index contributed by atoms with van der Waals surface area (Å²) in [7, 11) is -4.35. The maximum Gasteiger partial charge on any atom is 0.434 e. The number of pyridine rings is 2. The van der Waals surface area contributed by atoms with E-state index in [2.05, 4.69) is 20.3 Å². The fourth-order valence-corrected chi connectivity index (χ4v) is 5.96. The molecule has 0 fully saturated rings. The van der Waals surface area contributed by atoms with Crippen LogP contribution in [-0.2, 0) is 32.1 Å². The lowest BCUT2D eigenvalue weighted by molar-refractivity contribution is -0.140. The molecule has 0 aliphatic carbocycles. The van der Waals surface area contributed by atoms with Crippen LogP contribution in [0.3, 0.4) is 0 Å². The molecule has 3 aromatic heterocycles. The summed E-state index contributed by atoms with van der Waals surface area (Å²) in [6.07, 6.45) is -3.52. The van der Waals surface area contributed by atoms with Crippen molar-refractivity contribution >= 4 is 33.0 Å². The zero-order valence-electron chi connectivity index (χ0n) is 19.4. The molecule has 0 bridgehead atoms. The lowest BCUT2D eigenvalue weighted by Crippen LogP contribution is -2.47. The molecule has 0 radical (unpaired) electrons. The van der Waals surface area contributed by atoms with Crippen LogP contribution in [0, 0.1) is 0 Å². The Morgan fingerprint density at radius 1 is 1.00 bits per heavy atom. The number of nitrogens with one attached hydrogen (secondary N) is 1. The largest absolute Gasteiger partial charge is 0.480 e. The van der Waals surface area contributed by atoms with E-state index in [0.29, 0.717) is 11.1 Å². The summed E-state index contributed by atoms with van der Waals surface area (Å²) in [4.78, 5) is 20.7. The summed E-state index contributed by atoms with van der Waals surface area (Å²) in [6.45, 7) is -0.449. The molecule has 4 rings (SSSR count). The van der Waals surface area contributed by atoms with Crippen molar-refractivity contribution in [2.45, 2.75) is 22.5 Å². The van der Waals surface area contributed by atoms with E-state index in [1.165, 1.54) is 48.7 Å². The quantitative estimate of drug-likeness (QED) is 0.275. The maximum absolute atomic E-state index is 13.8. The Labute approximate surface area is 219 Å². The number of aliphatic carboxylic acids is 1. The lowest BCUT2D eigenvalue weighted by atomic mass is 10.0. The van der Waals surface area contributed by atoms with Crippen LogP contribution in [0.2, 0.25) is 0 Å². The van der Waals surface area contributed by atoms with Crippen LogP contribution in [0.1, 0.15) is 17.0 Å². The van der Waals surface area contributed by atoms with Crippen LogP contribution in [0.15, 0.2) is 77.3 Å². The average molecular weight is 564 g/mol. The highest BCUT2D eigenvalue weighted by atomic mass is 32.2. The molecule has 14 heteroatoms. The molecule has 4 N–H and O–H groups in total. The van der Waals surface area contributed by atoms with E-state index >= 15 is 0 Å². The van der Waals surface area contributed by atoms with Crippen molar-refractivity contribution < 1.29 is 31.5 Å². The van der Waals surface area contributed by atoms with Crippen molar-refractivity contribution in [1.29, 1.82) is 0 Å². The average Bonchev–Trinajstić information content (AvgIpc) is 3.40. The minimum absolute atomic E-state index is 0.0580. The van der Waals surface area contributed by atoms with Crippen LogP contribution in [-0.4, -0.2) is 41.0 Å². The Morgan fingerprint density at radius 2 is 1.74 bits per heavy atom. The second-order valence-electron chi connectivity index (χ2n) is 8.13. The number of thiazole rings is 1. The molecule has 0 aliphatic rings. The normalized spacial score (nSPS) is 13.6. The molecule has 0 amide bonds. The number of hydrogen-bond acceptors (Lipinski definition) is 9. The topological polar surface area (TPSA) is 148 Å². The van der Waals surface area contributed by atoms with Crippen molar-refractivity contribution in [3.05, 3.63) is 89.2 Å². The Hall–Kier alpha value is -3.88. The number of anilines is 1. The molecule has 4 aromatic rings. The van der Waals surface area contributed by atoms with Crippen LogP contribution >= 0.6 is 11.3 Å². The summed E-state index contributed by atoms with van der Waals surface area (Å²) in [5.74, 6) is -1.03. The molecule has 198 valence electrons. The number of carboxylic acid groups (broad SMARTS) is 1. The van der Waals surface area contributed by atoms with Crippen molar-refractivity contribution in [1.82, 2.24) is 15.0 Å². The summed E-state index contributed by atoms with van der Waals surface area (Å²) in [6, 6.07) is 14.9. The van der Waals surface area contributed by atoms with E-state index in [0.717, 1.165) is 16.7 Å². The first-order chi connectivity index (χ1) is 17.9. The van der Waals surface area contributed by atoms with E-state index in [1.807, 2.05) is 0 Å². The Bertz CT molecular complexity index is 1550. The third kappa shape index (κ3) is 5.66. The van der Waals surface area contributed by atoms with Gasteiger partial charge in [-0.05, 0) is 29.8 Å². The van der Waals surface area contributed by atoms with E-state index in [9.17, 15) is 26.4 Å². The predicted molar refractivity (Wildman–Crippen MR) is 134 cm³/mol. The first-order valence-corrected chi connectivity index (χ1v) is 13.3. The van der Waals surface area contributed by atoms with Crippen molar-refractivity contribution in [2.75, 3.05) is 11.9 Å². The third-order valence-electron chi connectivity index (χ3n) is 5.46. The number of carbonyl (C=O) groups is 1. The summed E-state index contributed by atoms with van der Waals surface area (Å²) in [5.41, 5.74) is 6.44. The predicted octanol–water partition coefficient (Wildman–Crippen LogP) is 3.94. The Morgan fingerprint density at radius 3 is 2.34 bits per heavy atom. The van der Waals surface area contributed by atoms with E-state index in [-0.39, 0.29) is 28.0 Å². The Balaban J connectivity index is 1.72. The first kappa shape index (κ1) is 27.2. The second-order valence-corrected chi connectivity index (χ2v) is 11.1. The molecular weight excluding hydrogens is 543 g/mol. The summed E-state index contributed by atoms with van der Waals surface area (Å²) in [5, 5.41) is 12.3. The van der Waals surface area contributed by atoms with Gasteiger partial charge in [0.15, 0.2) is 15.6 Å². The molecule has 9 nitrogen and oxygen atoms in total. The monoisotopic (exact) mass is 563 g/mol. The molecule has 0 saturated carbocycles. The van der Waals surface area contributed by atoms with Gasteiger partial charge in [0.2, 0.25) is 9.84 Å². The van der Waals surface area contributed by atoms with Gasteiger partial charge in [-0.1, -0.05) is 36.4 Å². The number of carboxylic acids is 1. The molecule has 1 atom stereocenters. The van der Waals surface area contributed by atoms with Gasteiger partial charge in [-0.25, -0.2) is 23.4 Å². The van der Waals surface area contributed by atoms with Gasteiger partial charge in [0.05, 0.1) is 5.69 Å². The van der Waals surface area contributed by atoms with Crippen molar-refractivity contribution in [3.8, 4) is 10.6 Å². The van der Waals surface area contributed by atoms with E-state index in [4.69, 9.17) is 10.8 Å². The summed E-state index contributed by atoms with van der Waals surface area (Å²) >= 11 is 0.836. The van der Waals surface area contributed by atoms with Crippen LogP contribution in [0.4, 0.5) is 19.0 Å². The van der Waals surface area contributed by atoms with E-state index < -0.39 is 39.1 Å². The molecule has 1 unspecified atom stereocenters. The number of hydrogen-bond donors (Lipinski definition) is 3. The lowest BCUT2D eigenvalue weighted by Gasteiger charge is -2.29. The van der Waals surface area contributed by atoms with Crippen molar-refractivity contribution in [3.63, 3.8) is 0 Å². The molecule has 38 heavy (non-hydrogen) atoms. The zero-order chi connectivity index (χ0) is 27.6. The van der Waals surface area contributed by atoms with Crippen LogP contribution < -0.4 is 11.1 Å². The van der Waals surface area contributed by atoms with Gasteiger partial charge < -0.3 is 16.2 Å². The highest BCUT2D eigenvalue weighted by Gasteiger charge is 2.45. The van der Waals surface area contributed by atoms with Gasteiger partial charge in [-0.15, -0.1) is 11.3 Å². The Kier molecular flexibility index (Phi) is 7.49. The number of nitrogens with two attached hydrogens (primary N) is 1. The number of alkyl halides is 3. The van der Waals surface area contributed by atoms with Crippen LogP contribution in [0.25, 0.3) is 10.6 Å². The van der Waals surface area contributed by atoms with Gasteiger partial charge in [0.25, 0.3) is 0 Å². The molecule has 0 spiro atoms. The van der Waals surface area contributed by atoms with Crippen LogP contribution in [0.5, 0.6) is 0 Å². The van der Waals surface area contributed by atoms with E-state index in [1.54, 1.807) is 18.2 Å². The SMILES string of the molecule is NC(Cc1ccc(-c2nc(C(F)(F)F)cs2)cc1)(c1cccc(NCC(=O)O)n1)S(=O)(=O)c1ccccn1. The van der Waals surface area contributed by atoms with Gasteiger partial charge in [0.1, 0.15) is 17.4 Å². The standard InChI is InChI=1S/C24H20F3N5O4S2/c25-24(26,27)18-14-37-22(32-18)16-9-7-15(8-10-16)12-23(28,38(35,36)20-6-1-2-11-29-20)17-4-3-5-19(31-17)30-13-21(33)34/h1-11,14H,12-13,28H2,(H,30,31)(H,33,34). The van der Waals surface area contributed by atoms with Gasteiger partial charge >= 0.3 is 12.1 Å². The zero-order valence-corrected chi connectivity index (χ0v) is 21.0. The maximum atomic E-state index is 13.8. The summed E-state index contributed by atoms with van der Waals surface area (Å²) < 4.78 is 66.3. The highest BCUT2D eigenvalue weighted by Crippen LogP contribution is 2.36. The smallest absolute Gasteiger partial charge is 0.434 e. The number of rotatable bonds is 9. The minimum Gasteiger partial charge on any atom is -0.480 e. The number of aromatic nitrogens is 3. The fraction of sp³-hybridized carbons (Fsp3) is 0.167. The third-order valence-corrected chi connectivity index (χ3v) is 8.45. The highest BCUT2D eigenvalue weighted by molar-refractivity contribution is 7.92. The second kappa shape index (κ2) is 10.5. The van der Waals surface area contributed by atoms with Crippen molar-refractivity contribution in [2.24, 2.45) is 5.73 Å². The number of benzene rings is 1. The van der Waals surface area contributed by atoms with Gasteiger partial charge in [-0.2, -0.15) is 13.2 Å². The van der Waals surface area contributed by atoms with Gasteiger partial charge in [0, 0.05) is 23.6 Å². The number of nitrogens with zero attached hydrogens (tertiary/aromatic N) is 3. The molecular formula is C24H20F3N5O4S2.